The van der Waals surface area contributed by atoms with E-state index in [0.717, 1.165) is 6.42 Å². The highest BCUT2D eigenvalue weighted by atomic mass is 35.5. The summed E-state index contributed by atoms with van der Waals surface area (Å²) in [5.74, 6) is 0.631. The first-order valence-corrected chi connectivity index (χ1v) is 5.71. The molecule has 1 nitrogen and oxygen atoms in total. The van der Waals surface area contributed by atoms with Gasteiger partial charge in [-0.2, -0.15) is 0 Å². The van der Waals surface area contributed by atoms with Crippen molar-refractivity contribution in [3.05, 3.63) is 35.4 Å². The Morgan fingerprint density at radius 3 is 2.13 bits per heavy atom. The Labute approximate surface area is 96.5 Å². The van der Waals surface area contributed by atoms with Crippen LogP contribution >= 0.6 is 11.6 Å². The van der Waals surface area contributed by atoms with Crippen molar-refractivity contribution in [1.82, 2.24) is 0 Å². The minimum absolute atomic E-state index is 0.00670. The van der Waals surface area contributed by atoms with E-state index in [1.165, 1.54) is 5.56 Å². The van der Waals surface area contributed by atoms with Gasteiger partial charge in [0.1, 0.15) is 0 Å². The molecule has 0 unspecified atom stereocenters. The quantitative estimate of drug-likeness (QED) is 0.563. The molecule has 0 saturated heterocycles. The van der Waals surface area contributed by atoms with Gasteiger partial charge in [0.2, 0.25) is 0 Å². The summed E-state index contributed by atoms with van der Waals surface area (Å²) in [6.45, 7) is 6.06. The van der Waals surface area contributed by atoms with Crippen molar-refractivity contribution in [1.29, 1.82) is 0 Å². The predicted molar refractivity (Wildman–Crippen MR) is 64.6 cm³/mol. The molecule has 0 N–H and O–H groups in total. The highest BCUT2D eigenvalue weighted by Crippen LogP contribution is 2.12. The van der Waals surface area contributed by atoms with Crippen molar-refractivity contribution in [2.75, 3.05) is 0 Å². The second-order valence-electron chi connectivity index (χ2n) is 4.28. The van der Waals surface area contributed by atoms with Gasteiger partial charge in [0, 0.05) is 5.56 Å². The monoisotopic (exact) mass is 224 g/mol. The van der Waals surface area contributed by atoms with E-state index in [0.29, 0.717) is 11.5 Å². The summed E-state index contributed by atoms with van der Waals surface area (Å²) in [6, 6.07) is 7.73. The lowest BCUT2D eigenvalue weighted by atomic mass is 10.0. The number of benzene rings is 1. The average molecular weight is 225 g/mol. The minimum Gasteiger partial charge on any atom is -0.293 e. The zero-order valence-corrected chi connectivity index (χ0v) is 10.2. The highest BCUT2D eigenvalue weighted by Gasteiger charge is 2.11. The maximum absolute atomic E-state index is 11.5. The minimum atomic E-state index is -0.444. The van der Waals surface area contributed by atoms with Crippen LogP contribution in [0, 0.1) is 5.92 Å². The molecule has 1 aromatic carbocycles. The van der Waals surface area contributed by atoms with Crippen LogP contribution in [0.1, 0.15) is 36.7 Å². The van der Waals surface area contributed by atoms with Crippen molar-refractivity contribution < 1.29 is 4.79 Å². The van der Waals surface area contributed by atoms with Gasteiger partial charge in [-0.25, -0.2) is 0 Å². The fourth-order valence-electron chi connectivity index (χ4n) is 1.51. The van der Waals surface area contributed by atoms with Gasteiger partial charge in [0.05, 0.1) is 5.38 Å². The smallest absolute Gasteiger partial charge is 0.180 e. The summed E-state index contributed by atoms with van der Waals surface area (Å²) in [5, 5.41) is -0.444. The largest absolute Gasteiger partial charge is 0.293 e. The Morgan fingerprint density at radius 2 is 1.73 bits per heavy atom. The first kappa shape index (κ1) is 12.3. The van der Waals surface area contributed by atoms with Crippen LogP contribution in [-0.4, -0.2) is 11.2 Å². The number of carbonyl (C=O) groups is 1. The summed E-state index contributed by atoms with van der Waals surface area (Å²) in [5.41, 5.74) is 1.97. The molecule has 0 spiro atoms. The third kappa shape index (κ3) is 3.67. The SMILES string of the molecule is CC(C)Cc1ccc(C(=O)[C@@H](C)Cl)cc1. The number of Topliss-reactive ketones (excluding diaryl/α,β-unsaturated/α-hetero) is 1. The molecule has 15 heavy (non-hydrogen) atoms. The summed E-state index contributed by atoms with van der Waals surface area (Å²) in [6.07, 6.45) is 1.05. The molecule has 0 aliphatic carbocycles. The lowest BCUT2D eigenvalue weighted by Crippen LogP contribution is -2.10. The van der Waals surface area contributed by atoms with E-state index in [2.05, 4.69) is 13.8 Å². The van der Waals surface area contributed by atoms with Crippen LogP contribution in [0.4, 0.5) is 0 Å². The average Bonchev–Trinajstić information content (AvgIpc) is 2.17. The molecule has 0 amide bonds. The molecule has 0 radical (unpaired) electrons. The molecule has 2 heteroatoms. The maximum Gasteiger partial charge on any atom is 0.180 e. The summed E-state index contributed by atoms with van der Waals surface area (Å²) >= 11 is 5.74. The second kappa shape index (κ2) is 5.32. The van der Waals surface area contributed by atoms with E-state index in [9.17, 15) is 4.79 Å². The lowest BCUT2D eigenvalue weighted by Gasteiger charge is -2.06. The molecule has 0 heterocycles. The van der Waals surface area contributed by atoms with Crippen LogP contribution in [0.5, 0.6) is 0 Å². The number of alkyl halides is 1. The molecular weight excluding hydrogens is 208 g/mol. The summed E-state index contributed by atoms with van der Waals surface area (Å²) in [7, 11) is 0. The van der Waals surface area contributed by atoms with Crippen LogP contribution in [0.2, 0.25) is 0 Å². The number of hydrogen-bond donors (Lipinski definition) is 0. The molecule has 0 aromatic heterocycles. The van der Waals surface area contributed by atoms with E-state index in [-0.39, 0.29) is 5.78 Å². The maximum atomic E-state index is 11.5. The number of hydrogen-bond acceptors (Lipinski definition) is 1. The number of ketones is 1. The highest BCUT2D eigenvalue weighted by molar-refractivity contribution is 6.33. The number of halogens is 1. The zero-order valence-electron chi connectivity index (χ0n) is 9.46. The Bertz CT molecular complexity index is 325. The number of carbonyl (C=O) groups excluding carboxylic acids is 1. The molecule has 1 rings (SSSR count). The van der Waals surface area contributed by atoms with Gasteiger partial charge >= 0.3 is 0 Å². The van der Waals surface area contributed by atoms with Crippen LogP contribution in [-0.2, 0) is 6.42 Å². The Balaban J connectivity index is 2.76. The first-order chi connectivity index (χ1) is 7.00. The van der Waals surface area contributed by atoms with Crippen molar-refractivity contribution in [2.45, 2.75) is 32.6 Å². The van der Waals surface area contributed by atoms with E-state index in [1.54, 1.807) is 6.92 Å². The van der Waals surface area contributed by atoms with Gasteiger partial charge in [-0.1, -0.05) is 38.1 Å². The van der Waals surface area contributed by atoms with Gasteiger partial charge < -0.3 is 0 Å². The Morgan fingerprint density at radius 1 is 1.20 bits per heavy atom. The summed E-state index contributed by atoms with van der Waals surface area (Å²) in [4.78, 5) is 11.5. The Kier molecular flexibility index (Phi) is 4.34. The lowest BCUT2D eigenvalue weighted by molar-refractivity contribution is 0.0992. The van der Waals surface area contributed by atoms with Crippen LogP contribution in [0.3, 0.4) is 0 Å². The van der Waals surface area contributed by atoms with Crippen molar-refractivity contribution in [3.8, 4) is 0 Å². The predicted octanol–water partition coefficient (Wildman–Crippen LogP) is 3.70. The topological polar surface area (TPSA) is 17.1 Å². The van der Waals surface area contributed by atoms with Gasteiger partial charge in [0.25, 0.3) is 0 Å². The molecule has 0 aliphatic rings. The molecule has 0 saturated carbocycles. The normalized spacial score (nSPS) is 12.9. The molecule has 0 bridgehead atoms. The van der Waals surface area contributed by atoms with E-state index in [4.69, 9.17) is 11.6 Å². The van der Waals surface area contributed by atoms with Gasteiger partial charge in [-0.3, -0.25) is 4.79 Å². The van der Waals surface area contributed by atoms with Gasteiger partial charge in [-0.15, -0.1) is 11.6 Å². The molecule has 82 valence electrons. The van der Waals surface area contributed by atoms with Crippen LogP contribution in [0.25, 0.3) is 0 Å². The molecule has 0 aliphatic heterocycles. The fourth-order valence-corrected chi connectivity index (χ4v) is 1.63. The number of rotatable bonds is 4. The van der Waals surface area contributed by atoms with Gasteiger partial charge in [-0.05, 0) is 24.8 Å². The van der Waals surface area contributed by atoms with Crippen molar-refractivity contribution in [2.24, 2.45) is 5.92 Å². The van der Waals surface area contributed by atoms with Crippen LogP contribution in [0.15, 0.2) is 24.3 Å². The molecular formula is C13H17ClO. The van der Waals surface area contributed by atoms with E-state index < -0.39 is 5.38 Å². The fraction of sp³-hybridized carbons (Fsp3) is 0.462. The molecule has 1 atom stereocenters. The third-order valence-corrected chi connectivity index (χ3v) is 2.44. The zero-order chi connectivity index (χ0) is 11.4. The van der Waals surface area contributed by atoms with Gasteiger partial charge in [0.15, 0.2) is 5.78 Å². The van der Waals surface area contributed by atoms with Crippen molar-refractivity contribution >= 4 is 17.4 Å². The van der Waals surface area contributed by atoms with Crippen LogP contribution < -0.4 is 0 Å². The van der Waals surface area contributed by atoms with Crippen molar-refractivity contribution in [3.63, 3.8) is 0 Å². The molecule has 0 fully saturated rings. The van der Waals surface area contributed by atoms with E-state index in [1.807, 2.05) is 24.3 Å². The summed E-state index contributed by atoms with van der Waals surface area (Å²) < 4.78 is 0. The standard InChI is InChI=1S/C13H17ClO/c1-9(2)8-11-4-6-12(7-5-11)13(15)10(3)14/h4-7,9-10H,8H2,1-3H3/t10-/m1/s1. The second-order valence-corrected chi connectivity index (χ2v) is 4.93. The molecule has 1 aromatic rings. The van der Waals surface area contributed by atoms with E-state index >= 15 is 0 Å². The Hall–Kier alpha value is -0.820. The third-order valence-electron chi connectivity index (χ3n) is 2.24. The first-order valence-electron chi connectivity index (χ1n) is 5.28.